The molecule has 2 rings (SSSR count). The van der Waals surface area contributed by atoms with E-state index in [2.05, 4.69) is 4.98 Å². The maximum absolute atomic E-state index is 13.2. The van der Waals surface area contributed by atoms with Gasteiger partial charge in [-0.1, -0.05) is 6.07 Å². The summed E-state index contributed by atoms with van der Waals surface area (Å²) < 4.78 is 18.8. The first-order valence-electron chi connectivity index (χ1n) is 6.08. The van der Waals surface area contributed by atoms with E-state index < -0.39 is 11.9 Å². The first-order chi connectivity index (χ1) is 9.08. The molecule has 1 unspecified atom stereocenters. The van der Waals surface area contributed by atoms with Crippen LogP contribution in [0.5, 0.6) is 5.75 Å². The molecule has 19 heavy (non-hydrogen) atoms. The second-order valence-corrected chi connectivity index (χ2v) is 4.41. The van der Waals surface area contributed by atoms with Gasteiger partial charge in [0.2, 0.25) is 0 Å². The summed E-state index contributed by atoms with van der Waals surface area (Å²) in [6.45, 7) is 3.82. The van der Waals surface area contributed by atoms with E-state index in [9.17, 15) is 9.50 Å². The Bertz CT molecular complexity index is 570. The molecule has 2 aromatic rings. The van der Waals surface area contributed by atoms with Crippen molar-refractivity contribution in [3.63, 3.8) is 0 Å². The molecule has 4 heteroatoms. The summed E-state index contributed by atoms with van der Waals surface area (Å²) in [6, 6.07) is 7.93. The second-order valence-electron chi connectivity index (χ2n) is 4.41. The highest BCUT2D eigenvalue weighted by Crippen LogP contribution is 2.26. The van der Waals surface area contributed by atoms with E-state index in [1.165, 1.54) is 18.2 Å². The molecule has 0 fully saturated rings. The number of benzene rings is 1. The zero-order valence-electron chi connectivity index (χ0n) is 10.9. The Balaban J connectivity index is 2.18. The minimum atomic E-state index is -0.782. The van der Waals surface area contributed by atoms with Crippen molar-refractivity contribution < 1.29 is 14.2 Å². The number of halogens is 1. The zero-order valence-corrected chi connectivity index (χ0v) is 10.9. The average molecular weight is 261 g/mol. The van der Waals surface area contributed by atoms with Crippen LogP contribution in [0, 0.1) is 12.7 Å². The van der Waals surface area contributed by atoms with Crippen molar-refractivity contribution in [2.24, 2.45) is 0 Å². The highest BCUT2D eigenvalue weighted by Gasteiger charge is 2.11. The van der Waals surface area contributed by atoms with Crippen LogP contribution in [0.4, 0.5) is 4.39 Å². The lowest BCUT2D eigenvalue weighted by molar-refractivity contribution is 0.189. The van der Waals surface area contributed by atoms with Gasteiger partial charge in [0.25, 0.3) is 0 Å². The van der Waals surface area contributed by atoms with E-state index in [0.29, 0.717) is 11.3 Å². The predicted octanol–water partition coefficient (Wildman–Crippen LogP) is 3.16. The van der Waals surface area contributed by atoms with Crippen molar-refractivity contribution in [3.8, 4) is 5.75 Å². The largest absolute Gasteiger partial charge is 0.487 e. The maximum atomic E-state index is 13.2. The number of ether oxygens (including phenoxy) is 1. The standard InChI is InChI=1S/C15H16FNO2/c1-10-4-3-7-17-14(10)9-19-15-6-5-12(16)8-13(15)11(2)18/h3-8,11,18H,9H2,1-2H3. The van der Waals surface area contributed by atoms with E-state index in [4.69, 9.17) is 4.74 Å². The van der Waals surface area contributed by atoms with Gasteiger partial charge in [-0.25, -0.2) is 4.39 Å². The van der Waals surface area contributed by atoms with Crippen LogP contribution >= 0.6 is 0 Å². The fraction of sp³-hybridized carbons (Fsp3) is 0.267. The highest BCUT2D eigenvalue weighted by atomic mass is 19.1. The van der Waals surface area contributed by atoms with Crippen LogP contribution in [-0.4, -0.2) is 10.1 Å². The third-order valence-electron chi connectivity index (χ3n) is 2.90. The smallest absolute Gasteiger partial charge is 0.130 e. The van der Waals surface area contributed by atoms with Crippen LogP contribution in [0.3, 0.4) is 0 Å². The van der Waals surface area contributed by atoms with Crippen LogP contribution in [0.15, 0.2) is 36.5 Å². The van der Waals surface area contributed by atoms with Crippen LogP contribution in [-0.2, 0) is 6.61 Å². The van der Waals surface area contributed by atoms with Crippen molar-refractivity contribution in [3.05, 3.63) is 59.2 Å². The predicted molar refractivity (Wildman–Crippen MR) is 70.3 cm³/mol. The molecule has 1 aromatic carbocycles. The molecular formula is C15H16FNO2. The highest BCUT2D eigenvalue weighted by molar-refractivity contribution is 5.35. The van der Waals surface area contributed by atoms with Crippen LogP contribution in [0.1, 0.15) is 29.8 Å². The topological polar surface area (TPSA) is 42.4 Å². The molecule has 0 aliphatic rings. The van der Waals surface area contributed by atoms with Gasteiger partial charge in [0.15, 0.2) is 0 Å². The number of rotatable bonds is 4. The maximum Gasteiger partial charge on any atom is 0.130 e. The molecule has 100 valence electrons. The molecule has 1 heterocycles. The number of aliphatic hydroxyl groups excluding tert-OH is 1. The SMILES string of the molecule is Cc1cccnc1COc1ccc(F)cc1C(C)O. The van der Waals surface area contributed by atoms with Gasteiger partial charge in [-0.3, -0.25) is 4.98 Å². The van der Waals surface area contributed by atoms with Crippen molar-refractivity contribution in [2.75, 3.05) is 0 Å². The Hall–Kier alpha value is -1.94. The van der Waals surface area contributed by atoms with Crippen molar-refractivity contribution in [1.29, 1.82) is 0 Å². The summed E-state index contributed by atoms with van der Waals surface area (Å²) in [7, 11) is 0. The summed E-state index contributed by atoms with van der Waals surface area (Å²) in [5.41, 5.74) is 2.29. The third kappa shape index (κ3) is 3.29. The molecule has 1 aromatic heterocycles. The van der Waals surface area contributed by atoms with Gasteiger partial charge in [0.05, 0.1) is 11.8 Å². The molecule has 1 atom stereocenters. The van der Waals surface area contributed by atoms with Crippen LogP contribution < -0.4 is 4.74 Å². The molecule has 0 aliphatic heterocycles. The van der Waals surface area contributed by atoms with Crippen molar-refractivity contribution >= 4 is 0 Å². The summed E-state index contributed by atoms with van der Waals surface area (Å²) in [5, 5.41) is 9.62. The summed E-state index contributed by atoms with van der Waals surface area (Å²) in [6.07, 6.45) is 0.918. The molecule has 0 saturated heterocycles. The van der Waals surface area contributed by atoms with E-state index in [1.54, 1.807) is 13.1 Å². The molecular weight excluding hydrogens is 245 g/mol. The zero-order chi connectivity index (χ0) is 13.8. The summed E-state index contributed by atoms with van der Waals surface area (Å²) in [4.78, 5) is 4.22. The Morgan fingerprint density at radius 1 is 1.37 bits per heavy atom. The Morgan fingerprint density at radius 2 is 2.16 bits per heavy atom. The van der Waals surface area contributed by atoms with E-state index in [0.717, 1.165) is 11.3 Å². The van der Waals surface area contributed by atoms with Crippen LogP contribution in [0.25, 0.3) is 0 Å². The lowest BCUT2D eigenvalue weighted by Crippen LogP contribution is -2.04. The normalized spacial score (nSPS) is 12.2. The molecule has 0 bridgehead atoms. The quantitative estimate of drug-likeness (QED) is 0.919. The molecule has 3 nitrogen and oxygen atoms in total. The van der Waals surface area contributed by atoms with E-state index in [-0.39, 0.29) is 6.61 Å². The fourth-order valence-electron chi connectivity index (χ4n) is 1.79. The first-order valence-corrected chi connectivity index (χ1v) is 6.08. The van der Waals surface area contributed by atoms with Gasteiger partial charge in [0.1, 0.15) is 18.2 Å². The molecule has 0 amide bonds. The molecule has 0 radical (unpaired) electrons. The third-order valence-corrected chi connectivity index (χ3v) is 2.90. The monoisotopic (exact) mass is 261 g/mol. The van der Waals surface area contributed by atoms with Gasteiger partial charge in [-0.2, -0.15) is 0 Å². The van der Waals surface area contributed by atoms with Crippen molar-refractivity contribution in [1.82, 2.24) is 4.98 Å². The molecule has 0 aliphatic carbocycles. The number of aromatic nitrogens is 1. The molecule has 0 spiro atoms. The number of pyridine rings is 1. The van der Waals surface area contributed by atoms with Gasteiger partial charge in [0, 0.05) is 11.8 Å². The number of hydrogen-bond donors (Lipinski definition) is 1. The lowest BCUT2D eigenvalue weighted by atomic mass is 10.1. The van der Waals surface area contributed by atoms with Gasteiger partial charge < -0.3 is 9.84 Å². The first kappa shape index (κ1) is 13.5. The van der Waals surface area contributed by atoms with Crippen molar-refractivity contribution in [2.45, 2.75) is 26.6 Å². The summed E-state index contributed by atoms with van der Waals surface area (Å²) >= 11 is 0. The second kappa shape index (κ2) is 5.80. The number of nitrogens with zero attached hydrogens (tertiary/aromatic N) is 1. The summed E-state index contributed by atoms with van der Waals surface area (Å²) in [5.74, 6) is 0.0821. The lowest BCUT2D eigenvalue weighted by Gasteiger charge is -2.14. The molecule has 0 saturated carbocycles. The average Bonchev–Trinajstić information content (AvgIpc) is 2.38. The number of hydrogen-bond acceptors (Lipinski definition) is 3. The van der Waals surface area contributed by atoms with Gasteiger partial charge in [-0.15, -0.1) is 0 Å². The number of aliphatic hydroxyl groups is 1. The van der Waals surface area contributed by atoms with Gasteiger partial charge >= 0.3 is 0 Å². The number of aryl methyl sites for hydroxylation is 1. The Labute approximate surface area is 111 Å². The Kier molecular flexibility index (Phi) is 4.12. The minimum absolute atomic E-state index is 0.290. The Morgan fingerprint density at radius 3 is 2.84 bits per heavy atom. The minimum Gasteiger partial charge on any atom is -0.487 e. The van der Waals surface area contributed by atoms with Crippen LogP contribution in [0.2, 0.25) is 0 Å². The van der Waals surface area contributed by atoms with E-state index in [1.807, 2.05) is 19.1 Å². The van der Waals surface area contributed by atoms with Gasteiger partial charge in [-0.05, 0) is 43.7 Å². The fourth-order valence-corrected chi connectivity index (χ4v) is 1.79. The van der Waals surface area contributed by atoms with E-state index >= 15 is 0 Å². The molecule has 1 N–H and O–H groups in total.